The first-order chi connectivity index (χ1) is 13.8. The lowest BCUT2D eigenvalue weighted by Crippen LogP contribution is -2.32. The lowest BCUT2D eigenvalue weighted by atomic mass is 10.2. The van der Waals surface area contributed by atoms with E-state index in [0.29, 0.717) is 10.6 Å². The van der Waals surface area contributed by atoms with Gasteiger partial charge in [-0.05, 0) is 37.4 Å². The molecule has 0 aliphatic heterocycles. The number of amides is 2. The van der Waals surface area contributed by atoms with Crippen LogP contribution in [-0.4, -0.2) is 36.2 Å². The molecule has 0 saturated heterocycles. The summed E-state index contributed by atoms with van der Waals surface area (Å²) in [5, 5.41) is 7.05. The molecule has 0 aliphatic carbocycles. The van der Waals surface area contributed by atoms with Crippen LogP contribution in [0.3, 0.4) is 0 Å². The number of carbonyl (C=O) groups is 4. The van der Waals surface area contributed by atoms with Crippen molar-refractivity contribution in [2.24, 2.45) is 0 Å². The van der Waals surface area contributed by atoms with Gasteiger partial charge in [-0.15, -0.1) is 11.3 Å². The number of Topliss-reactive ketones (excluding diaryl/α,β-unsaturated/α-hetero) is 1. The predicted octanol–water partition coefficient (Wildman–Crippen LogP) is 3.10. The van der Waals surface area contributed by atoms with E-state index in [9.17, 15) is 19.2 Å². The summed E-state index contributed by atoms with van der Waals surface area (Å²) in [6.45, 7) is 3.50. The van der Waals surface area contributed by atoms with Crippen LogP contribution in [0.25, 0.3) is 0 Å². The highest BCUT2D eigenvalue weighted by atomic mass is 32.1. The zero-order valence-corrected chi connectivity index (χ0v) is 17.2. The van der Waals surface area contributed by atoms with Crippen molar-refractivity contribution >= 4 is 40.6 Å². The second kappa shape index (κ2) is 11.1. The first kappa shape index (κ1) is 22.3. The number of anilines is 1. The van der Waals surface area contributed by atoms with Gasteiger partial charge >= 0.3 is 5.97 Å². The van der Waals surface area contributed by atoms with Crippen LogP contribution in [0.1, 0.15) is 41.4 Å². The molecular weight excluding hydrogens is 392 g/mol. The molecule has 1 unspecified atom stereocenters. The first-order valence-electron chi connectivity index (χ1n) is 9.25. The van der Waals surface area contributed by atoms with E-state index < -0.39 is 18.0 Å². The molecule has 2 N–H and O–H groups in total. The van der Waals surface area contributed by atoms with E-state index >= 15 is 0 Å². The van der Waals surface area contributed by atoms with Crippen molar-refractivity contribution in [3.8, 4) is 0 Å². The van der Waals surface area contributed by atoms with Gasteiger partial charge in [0.15, 0.2) is 11.9 Å². The number of hydrogen-bond donors (Lipinski definition) is 2. The number of rotatable bonds is 10. The zero-order chi connectivity index (χ0) is 21.2. The molecule has 1 aromatic heterocycles. The monoisotopic (exact) mass is 416 g/mol. The Hall–Kier alpha value is -3.00. The Morgan fingerprint density at radius 3 is 2.41 bits per heavy atom. The zero-order valence-electron chi connectivity index (χ0n) is 16.4. The summed E-state index contributed by atoms with van der Waals surface area (Å²) in [6, 6.07) is 10.8. The molecule has 1 heterocycles. The maximum atomic E-state index is 12.1. The Bertz CT molecular complexity index is 846. The highest BCUT2D eigenvalue weighted by molar-refractivity contribution is 7.12. The van der Waals surface area contributed by atoms with Gasteiger partial charge in [0.25, 0.3) is 5.91 Å². The van der Waals surface area contributed by atoms with Crippen LogP contribution >= 0.6 is 11.3 Å². The van der Waals surface area contributed by atoms with Gasteiger partial charge in [-0.25, -0.2) is 0 Å². The number of carbonyl (C=O) groups excluding carboxylic acids is 4. The van der Waals surface area contributed by atoms with Crippen LogP contribution in [0.5, 0.6) is 0 Å². The molecule has 2 rings (SSSR count). The van der Waals surface area contributed by atoms with Crippen LogP contribution in [-0.2, 0) is 19.1 Å². The fourth-order valence-electron chi connectivity index (χ4n) is 2.37. The molecule has 0 saturated carbocycles. The number of aryl methyl sites for hydroxylation is 1. The van der Waals surface area contributed by atoms with Gasteiger partial charge < -0.3 is 15.4 Å². The number of ketones is 1. The van der Waals surface area contributed by atoms with Crippen molar-refractivity contribution in [1.82, 2.24) is 5.32 Å². The van der Waals surface area contributed by atoms with E-state index in [1.54, 1.807) is 29.6 Å². The Morgan fingerprint density at radius 1 is 1.03 bits per heavy atom. The van der Waals surface area contributed by atoms with Crippen LogP contribution in [0.15, 0.2) is 41.8 Å². The van der Waals surface area contributed by atoms with Gasteiger partial charge in [-0.2, -0.15) is 0 Å². The lowest BCUT2D eigenvalue weighted by molar-refractivity contribution is -0.153. The summed E-state index contributed by atoms with van der Waals surface area (Å²) in [7, 11) is 0. The van der Waals surface area contributed by atoms with Gasteiger partial charge in [0.1, 0.15) is 0 Å². The molecule has 29 heavy (non-hydrogen) atoms. The van der Waals surface area contributed by atoms with Crippen LogP contribution in [0.4, 0.5) is 5.69 Å². The van der Waals surface area contributed by atoms with Crippen molar-refractivity contribution in [1.29, 1.82) is 0 Å². The quantitative estimate of drug-likeness (QED) is 0.458. The summed E-state index contributed by atoms with van der Waals surface area (Å²) in [4.78, 5) is 48.2. The predicted molar refractivity (Wildman–Crippen MR) is 111 cm³/mol. The van der Waals surface area contributed by atoms with E-state index in [1.165, 1.54) is 18.3 Å². The third-order valence-electron chi connectivity index (χ3n) is 4.02. The van der Waals surface area contributed by atoms with E-state index in [-0.39, 0.29) is 37.5 Å². The van der Waals surface area contributed by atoms with Crippen molar-refractivity contribution < 1.29 is 23.9 Å². The maximum absolute atomic E-state index is 12.1. The Balaban J connectivity index is 1.62. The highest BCUT2D eigenvalue weighted by Crippen LogP contribution is 2.12. The lowest BCUT2D eigenvalue weighted by Gasteiger charge is -2.14. The summed E-state index contributed by atoms with van der Waals surface area (Å²) in [5.74, 6) is -1.42. The molecule has 0 fully saturated rings. The average molecular weight is 416 g/mol. The summed E-state index contributed by atoms with van der Waals surface area (Å²) >= 11 is 1.34. The summed E-state index contributed by atoms with van der Waals surface area (Å²) in [5.41, 5.74) is 1.69. The fraction of sp³-hybridized carbons (Fsp3) is 0.333. The minimum Gasteiger partial charge on any atom is -0.452 e. The Kier molecular flexibility index (Phi) is 8.54. The van der Waals surface area contributed by atoms with Gasteiger partial charge in [0.05, 0.1) is 11.3 Å². The number of ether oxygens (including phenoxy) is 1. The first-order valence-corrected chi connectivity index (χ1v) is 10.1. The molecule has 154 valence electrons. The molecule has 0 bridgehead atoms. The van der Waals surface area contributed by atoms with Gasteiger partial charge in [0, 0.05) is 25.1 Å². The number of nitrogens with one attached hydrogen (secondary N) is 2. The molecule has 2 amide bonds. The number of benzene rings is 1. The fourth-order valence-corrected chi connectivity index (χ4v) is 3.06. The van der Waals surface area contributed by atoms with Crippen LogP contribution in [0, 0.1) is 6.92 Å². The highest BCUT2D eigenvalue weighted by Gasteiger charge is 2.18. The van der Waals surface area contributed by atoms with Crippen LogP contribution < -0.4 is 10.6 Å². The maximum Gasteiger partial charge on any atom is 0.308 e. The molecule has 7 nitrogen and oxygen atoms in total. The standard InChI is InChI=1S/C21H24N2O5S/c1-14-5-7-16(8-6-14)23-21(27)15(2)28-20(26)11-12-22-19(25)10-9-17(24)18-4-3-13-29-18/h3-8,13,15H,9-12H2,1-2H3,(H,22,25)(H,23,27). The second-order valence-corrected chi connectivity index (χ2v) is 7.44. The Labute approximate surface area is 173 Å². The van der Waals surface area contributed by atoms with E-state index in [2.05, 4.69) is 10.6 Å². The minimum atomic E-state index is -0.956. The largest absolute Gasteiger partial charge is 0.452 e. The molecule has 1 aromatic carbocycles. The Morgan fingerprint density at radius 2 is 1.76 bits per heavy atom. The third kappa shape index (κ3) is 7.87. The second-order valence-electron chi connectivity index (χ2n) is 6.49. The molecular formula is C21H24N2O5S. The smallest absolute Gasteiger partial charge is 0.308 e. The SMILES string of the molecule is Cc1ccc(NC(=O)C(C)OC(=O)CCNC(=O)CCC(=O)c2cccs2)cc1. The van der Waals surface area contributed by atoms with Gasteiger partial charge in [-0.1, -0.05) is 23.8 Å². The van der Waals surface area contributed by atoms with Crippen LogP contribution in [0.2, 0.25) is 0 Å². The number of thiophene rings is 1. The minimum absolute atomic E-state index is 0.0567. The van der Waals surface area contributed by atoms with E-state index in [0.717, 1.165) is 5.56 Å². The van der Waals surface area contributed by atoms with Gasteiger partial charge in [0.2, 0.25) is 5.91 Å². The van der Waals surface area contributed by atoms with Gasteiger partial charge in [-0.3, -0.25) is 19.2 Å². The van der Waals surface area contributed by atoms with Crippen molar-refractivity contribution in [2.75, 3.05) is 11.9 Å². The van der Waals surface area contributed by atoms with Crippen molar-refractivity contribution in [3.63, 3.8) is 0 Å². The summed E-state index contributed by atoms with van der Waals surface area (Å²) < 4.78 is 5.08. The molecule has 2 aromatic rings. The molecule has 1 atom stereocenters. The molecule has 0 aliphatic rings. The summed E-state index contributed by atoms with van der Waals surface area (Å²) in [6.07, 6.45) is -0.844. The molecule has 0 spiro atoms. The topological polar surface area (TPSA) is 102 Å². The molecule has 8 heteroatoms. The number of esters is 1. The third-order valence-corrected chi connectivity index (χ3v) is 4.93. The number of hydrogen-bond acceptors (Lipinski definition) is 6. The molecule has 0 radical (unpaired) electrons. The van der Waals surface area contributed by atoms with E-state index in [1.807, 2.05) is 19.1 Å². The van der Waals surface area contributed by atoms with Crippen molar-refractivity contribution in [2.45, 2.75) is 39.2 Å². The van der Waals surface area contributed by atoms with Crippen molar-refractivity contribution in [3.05, 3.63) is 52.2 Å². The normalized spacial score (nSPS) is 11.4. The average Bonchev–Trinajstić information content (AvgIpc) is 3.22. The van der Waals surface area contributed by atoms with E-state index in [4.69, 9.17) is 4.74 Å².